The van der Waals surface area contributed by atoms with Crippen molar-refractivity contribution in [1.82, 2.24) is 0 Å². The van der Waals surface area contributed by atoms with Crippen LogP contribution in [-0.4, -0.2) is 49.7 Å². The van der Waals surface area contributed by atoms with E-state index in [-0.39, 0.29) is 17.4 Å². The predicted molar refractivity (Wildman–Crippen MR) is 107 cm³/mol. The van der Waals surface area contributed by atoms with Crippen LogP contribution in [0.25, 0.3) is 0 Å². The molecule has 5 heteroatoms. The summed E-state index contributed by atoms with van der Waals surface area (Å²) in [5, 5.41) is 0. The van der Waals surface area contributed by atoms with Crippen molar-refractivity contribution in [3.05, 3.63) is 0 Å². The van der Waals surface area contributed by atoms with Crippen molar-refractivity contribution >= 4 is 49.7 Å². The average molecular weight is 389 g/mol. The molecule has 0 aromatic carbocycles. The van der Waals surface area contributed by atoms with E-state index in [4.69, 9.17) is 0 Å². The van der Waals surface area contributed by atoms with Crippen molar-refractivity contribution in [2.24, 2.45) is 0 Å². The third-order valence-electron chi connectivity index (χ3n) is 4.12. The van der Waals surface area contributed by atoms with Crippen molar-refractivity contribution in [3.8, 4) is 0 Å². The normalized spacial score (nSPS) is 15.3. The summed E-state index contributed by atoms with van der Waals surface area (Å²) in [5.74, 6) is 0. The first-order valence-corrected chi connectivity index (χ1v) is 24.9. The van der Waals surface area contributed by atoms with E-state index in [0.29, 0.717) is 0 Å². The van der Waals surface area contributed by atoms with Gasteiger partial charge in [0.25, 0.3) is 0 Å². The predicted octanol–water partition coefficient (Wildman–Crippen LogP) is 5.78. The van der Waals surface area contributed by atoms with Crippen molar-refractivity contribution in [2.45, 2.75) is 86.0 Å². The Balaban J connectivity index is 5.43. The second-order valence-electron chi connectivity index (χ2n) is 10.6. The first-order valence-electron chi connectivity index (χ1n) is 7.82. The van der Waals surface area contributed by atoms with E-state index in [1.165, 1.54) is 7.44 Å². The molecule has 19 heavy (non-hydrogen) atoms. The molecule has 0 N–H and O–H groups in total. The quantitative estimate of drug-likeness (QED) is 0.506. The fourth-order valence-corrected chi connectivity index (χ4v) is 50.4. The SMILES string of the molecule is C[Si](C)(C)[CH]([Ga][CH]([Si](C)(C)C)[Si](C)(C)C)[Si](C)(C)C. The molecular formula is C14H38GaSi4. The summed E-state index contributed by atoms with van der Waals surface area (Å²) >= 11 is -0.118. The van der Waals surface area contributed by atoms with Gasteiger partial charge in [-0.25, -0.2) is 0 Å². The van der Waals surface area contributed by atoms with Crippen LogP contribution in [0.2, 0.25) is 86.0 Å². The van der Waals surface area contributed by atoms with Crippen molar-refractivity contribution in [2.75, 3.05) is 0 Å². The second kappa shape index (κ2) is 6.32. The monoisotopic (exact) mass is 387 g/mol. The molecule has 0 aliphatic carbocycles. The van der Waals surface area contributed by atoms with Gasteiger partial charge in [0.15, 0.2) is 0 Å². The Morgan fingerprint density at radius 2 is 0.579 bits per heavy atom. The molecule has 0 rings (SSSR count). The van der Waals surface area contributed by atoms with E-state index in [0.717, 1.165) is 0 Å². The first-order chi connectivity index (χ1) is 7.97. The molecule has 0 heterocycles. The Labute approximate surface area is 135 Å². The van der Waals surface area contributed by atoms with Crippen molar-refractivity contribution in [1.29, 1.82) is 0 Å². The van der Waals surface area contributed by atoms with Gasteiger partial charge in [0, 0.05) is 0 Å². The number of rotatable bonds is 6. The van der Waals surface area contributed by atoms with Gasteiger partial charge in [-0.3, -0.25) is 0 Å². The summed E-state index contributed by atoms with van der Waals surface area (Å²) in [4.78, 5) is 0. The van der Waals surface area contributed by atoms with Gasteiger partial charge >= 0.3 is 136 Å². The molecule has 0 bridgehead atoms. The topological polar surface area (TPSA) is 0 Å². The van der Waals surface area contributed by atoms with E-state index in [1.54, 1.807) is 0 Å². The van der Waals surface area contributed by atoms with Crippen LogP contribution in [-0.2, 0) is 0 Å². The number of hydrogen-bond acceptors (Lipinski definition) is 0. The molecule has 113 valence electrons. The van der Waals surface area contributed by atoms with E-state index < -0.39 is 32.3 Å². The average Bonchev–Trinajstić information content (AvgIpc) is 1.91. The van der Waals surface area contributed by atoms with Crippen LogP contribution in [0.3, 0.4) is 0 Å². The van der Waals surface area contributed by atoms with E-state index in [2.05, 4.69) is 78.6 Å². The molecule has 0 aliphatic heterocycles. The fraction of sp³-hybridized carbons (Fsp3) is 1.00. The van der Waals surface area contributed by atoms with Crippen LogP contribution >= 0.6 is 0 Å². The molecule has 0 amide bonds. The molecule has 0 aromatic heterocycles. The van der Waals surface area contributed by atoms with E-state index in [1.807, 2.05) is 0 Å². The maximum atomic E-state index is 2.65. The summed E-state index contributed by atoms with van der Waals surface area (Å²) in [6.07, 6.45) is 0. The molecule has 0 fully saturated rings. The van der Waals surface area contributed by atoms with Crippen LogP contribution in [0, 0.1) is 0 Å². The summed E-state index contributed by atoms with van der Waals surface area (Å²) in [6, 6.07) is 0. The Bertz CT molecular complexity index is 231. The molecule has 0 aromatic rings. The molecule has 0 atom stereocenters. The zero-order valence-electron chi connectivity index (χ0n) is 15.7. The summed E-state index contributed by atoms with van der Waals surface area (Å²) in [7, 11) is -3.87. The van der Waals surface area contributed by atoms with Crippen molar-refractivity contribution < 1.29 is 0 Å². The van der Waals surface area contributed by atoms with Crippen LogP contribution in [0.5, 0.6) is 0 Å². The Morgan fingerprint density at radius 3 is 0.684 bits per heavy atom. The molecule has 0 saturated heterocycles. The second-order valence-corrected chi connectivity index (χ2v) is 42.4. The molecular weight excluding hydrogens is 350 g/mol. The van der Waals surface area contributed by atoms with Gasteiger partial charge < -0.3 is 0 Å². The Kier molecular flexibility index (Phi) is 6.82. The molecule has 0 spiro atoms. The summed E-state index contributed by atoms with van der Waals surface area (Å²) in [6.45, 7) is 31.8. The van der Waals surface area contributed by atoms with Crippen LogP contribution in [0.15, 0.2) is 0 Å². The molecule has 1 radical (unpaired) electrons. The third-order valence-corrected chi connectivity index (χ3v) is 52.8. The first kappa shape index (κ1) is 20.5. The van der Waals surface area contributed by atoms with Gasteiger partial charge in [-0.2, -0.15) is 0 Å². The maximum absolute atomic E-state index is 2.65. The molecule has 0 aliphatic rings. The number of hydrogen-bond donors (Lipinski definition) is 0. The van der Waals surface area contributed by atoms with Crippen molar-refractivity contribution in [3.63, 3.8) is 0 Å². The van der Waals surface area contributed by atoms with E-state index in [9.17, 15) is 0 Å². The minimum absolute atomic E-state index is 0.118. The Hall–Kier alpha value is 1.50. The Morgan fingerprint density at radius 1 is 0.421 bits per heavy atom. The third kappa shape index (κ3) is 6.86. The summed E-state index contributed by atoms with van der Waals surface area (Å²) < 4.78 is 2.49. The minimum atomic E-state index is -0.967. The van der Waals surface area contributed by atoms with Gasteiger partial charge in [-0.15, -0.1) is 0 Å². The molecule has 0 nitrogen and oxygen atoms in total. The van der Waals surface area contributed by atoms with Gasteiger partial charge in [0.05, 0.1) is 0 Å². The fourth-order valence-electron chi connectivity index (χ4n) is 3.95. The van der Waals surface area contributed by atoms with Crippen LogP contribution < -0.4 is 0 Å². The molecule has 0 unspecified atom stereocenters. The standard InChI is InChI=1S/2C7H19Si2.Ga/c2*1-8(2,3)7-9(4,5)6;/h2*7H,1-6H3;. The van der Waals surface area contributed by atoms with Crippen LogP contribution in [0.1, 0.15) is 0 Å². The molecule has 0 saturated carbocycles. The van der Waals surface area contributed by atoms with Crippen LogP contribution in [0.4, 0.5) is 0 Å². The van der Waals surface area contributed by atoms with Gasteiger partial charge in [0.2, 0.25) is 0 Å². The van der Waals surface area contributed by atoms with E-state index >= 15 is 0 Å². The zero-order valence-corrected chi connectivity index (χ0v) is 22.2. The van der Waals surface area contributed by atoms with Gasteiger partial charge in [0.1, 0.15) is 0 Å². The van der Waals surface area contributed by atoms with Gasteiger partial charge in [-0.05, 0) is 0 Å². The summed E-state index contributed by atoms with van der Waals surface area (Å²) in [5.41, 5.74) is 0. The zero-order chi connectivity index (χ0) is 15.9. The van der Waals surface area contributed by atoms with Gasteiger partial charge in [-0.1, -0.05) is 0 Å².